The molecule has 3 aromatic rings. The molecule has 0 bridgehead atoms. The first-order valence-corrected chi connectivity index (χ1v) is 10.6. The first kappa shape index (κ1) is 18.9. The minimum absolute atomic E-state index is 0.0350. The van der Waals surface area contributed by atoms with Crippen LogP contribution in [0.5, 0.6) is 5.75 Å². The van der Waals surface area contributed by atoms with Gasteiger partial charge in [0.2, 0.25) is 0 Å². The number of carbonyl (C=O) groups is 1. The van der Waals surface area contributed by atoms with Gasteiger partial charge in [-0.2, -0.15) is 0 Å². The number of nitrogens with zero attached hydrogens (tertiary/aromatic N) is 1. The maximum atomic E-state index is 12.5. The number of hydrogen-bond donors (Lipinski definition) is 3. The van der Waals surface area contributed by atoms with Gasteiger partial charge in [0.15, 0.2) is 15.0 Å². The fourth-order valence-corrected chi connectivity index (χ4v) is 3.77. The Kier molecular flexibility index (Phi) is 5.43. The maximum Gasteiger partial charge on any atom is 0.255 e. The Bertz CT molecular complexity index is 1060. The van der Waals surface area contributed by atoms with Crippen LogP contribution in [0.3, 0.4) is 0 Å². The number of aromatic hydroxyl groups is 1. The maximum absolute atomic E-state index is 12.5. The van der Waals surface area contributed by atoms with E-state index in [1.54, 1.807) is 30.5 Å². The van der Waals surface area contributed by atoms with Crippen molar-refractivity contribution in [2.45, 2.75) is 11.8 Å². The van der Waals surface area contributed by atoms with E-state index in [2.05, 4.69) is 15.6 Å². The molecule has 0 saturated heterocycles. The van der Waals surface area contributed by atoms with Crippen LogP contribution in [0.2, 0.25) is 0 Å². The molecule has 0 radical (unpaired) electrons. The molecule has 140 valence electrons. The number of benzene rings is 2. The van der Waals surface area contributed by atoms with Crippen molar-refractivity contribution in [3.05, 3.63) is 59.6 Å². The van der Waals surface area contributed by atoms with Crippen molar-refractivity contribution in [3.63, 3.8) is 0 Å². The molecule has 1 aromatic heterocycles. The summed E-state index contributed by atoms with van der Waals surface area (Å²) in [4.78, 5) is 16.7. The van der Waals surface area contributed by atoms with Crippen LogP contribution < -0.4 is 10.6 Å². The molecule has 9 heteroatoms. The van der Waals surface area contributed by atoms with Crippen LogP contribution in [0, 0.1) is 0 Å². The van der Waals surface area contributed by atoms with Crippen LogP contribution in [0.25, 0.3) is 0 Å². The van der Waals surface area contributed by atoms with E-state index in [-0.39, 0.29) is 22.1 Å². The van der Waals surface area contributed by atoms with Gasteiger partial charge in [-0.05, 0) is 36.4 Å². The van der Waals surface area contributed by atoms with Gasteiger partial charge in [0, 0.05) is 22.8 Å². The Balaban J connectivity index is 1.82. The van der Waals surface area contributed by atoms with Gasteiger partial charge < -0.3 is 15.7 Å². The normalized spacial score (nSPS) is 11.1. The molecular formula is C18H17N3O4S2. The first-order valence-electron chi connectivity index (χ1n) is 8.03. The Morgan fingerprint density at radius 3 is 2.74 bits per heavy atom. The Morgan fingerprint density at radius 2 is 2.04 bits per heavy atom. The summed E-state index contributed by atoms with van der Waals surface area (Å²) in [5.41, 5.74) is 1.07. The van der Waals surface area contributed by atoms with Gasteiger partial charge in [-0.25, -0.2) is 13.4 Å². The lowest BCUT2D eigenvalue weighted by atomic mass is 10.2. The standard InChI is InChI=1S/C18H17N3O4S2/c1-2-27(24,25)14-6-7-16(22)15(11-14)21-17(23)12-4-3-5-13(10-12)20-18-19-8-9-26-18/h3-11,22H,2H2,1H3,(H,19,20)(H,21,23). The van der Waals surface area contributed by atoms with Crippen LogP contribution in [0.1, 0.15) is 17.3 Å². The highest BCUT2D eigenvalue weighted by molar-refractivity contribution is 7.91. The number of thiazole rings is 1. The molecule has 0 unspecified atom stereocenters. The molecule has 7 nitrogen and oxygen atoms in total. The lowest BCUT2D eigenvalue weighted by molar-refractivity contribution is 0.102. The molecule has 27 heavy (non-hydrogen) atoms. The van der Waals surface area contributed by atoms with Crippen LogP contribution in [0.15, 0.2) is 58.9 Å². The number of aromatic nitrogens is 1. The third-order valence-corrected chi connectivity index (χ3v) is 6.18. The highest BCUT2D eigenvalue weighted by atomic mass is 32.2. The minimum Gasteiger partial charge on any atom is -0.506 e. The van der Waals surface area contributed by atoms with E-state index >= 15 is 0 Å². The van der Waals surface area contributed by atoms with Crippen molar-refractivity contribution in [1.29, 1.82) is 0 Å². The summed E-state index contributed by atoms with van der Waals surface area (Å²) in [6.07, 6.45) is 1.67. The molecule has 3 N–H and O–H groups in total. The fraction of sp³-hybridized carbons (Fsp3) is 0.111. The van der Waals surface area contributed by atoms with E-state index in [9.17, 15) is 18.3 Å². The Labute approximate surface area is 160 Å². The topological polar surface area (TPSA) is 108 Å². The summed E-state index contributed by atoms with van der Waals surface area (Å²) >= 11 is 1.43. The van der Waals surface area contributed by atoms with Crippen LogP contribution in [-0.2, 0) is 9.84 Å². The van der Waals surface area contributed by atoms with E-state index in [0.29, 0.717) is 16.4 Å². The average Bonchev–Trinajstić information content (AvgIpc) is 3.16. The first-order chi connectivity index (χ1) is 12.9. The highest BCUT2D eigenvalue weighted by Crippen LogP contribution is 2.28. The third-order valence-electron chi connectivity index (χ3n) is 3.76. The smallest absolute Gasteiger partial charge is 0.255 e. The van der Waals surface area contributed by atoms with E-state index in [1.165, 1.54) is 36.5 Å². The lowest BCUT2D eigenvalue weighted by Crippen LogP contribution is -2.13. The van der Waals surface area contributed by atoms with Crippen molar-refractivity contribution in [3.8, 4) is 5.75 Å². The van der Waals surface area contributed by atoms with Crippen molar-refractivity contribution in [1.82, 2.24) is 4.98 Å². The molecule has 0 aliphatic rings. The quantitative estimate of drug-likeness (QED) is 0.542. The second-order valence-electron chi connectivity index (χ2n) is 5.58. The zero-order valence-corrected chi connectivity index (χ0v) is 16.0. The molecule has 2 aromatic carbocycles. The number of anilines is 3. The average molecular weight is 403 g/mol. The van der Waals surface area contributed by atoms with E-state index in [4.69, 9.17) is 0 Å². The minimum atomic E-state index is -3.45. The van der Waals surface area contributed by atoms with Gasteiger partial charge in [-0.1, -0.05) is 13.0 Å². The molecule has 0 spiro atoms. The van der Waals surface area contributed by atoms with Crippen LogP contribution >= 0.6 is 11.3 Å². The predicted octanol–water partition coefficient (Wildman–Crippen LogP) is 3.64. The number of phenolic OH excluding ortho intramolecular Hbond substituents is 1. The summed E-state index contributed by atoms with van der Waals surface area (Å²) < 4.78 is 24.0. The number of amides is 1. The number of phenols is 1. The third kappa shape index (κ3) is 4.44. The van der Waals surface area contributed by atoms with Gasteiger partial charge >= 0.3 is 0 Å². The summed E-state index contributed by atoms with van der Waals surface area (Å²) in [6, 6.07) is 10.6. The summed E-state index contributed by atoms with van der Waals surface area (Å²) in [6.45, 7) is 1.53. The molecular weight excluding hydrogens is 386 g/mol. The number of hydrogen-bond acceptors (Lipinski definition) is 7. The highest BCUT2D eigenvalue weighted by Gasteiger charge is 2.16. The molecule has 0 aliphatic carbocycles. The van der Waals surface area contributed by atoms with Crippen molar-refractivity contribution in [2.24, 2.45) is 0 Å². The molecule has 0 atom stereocenters. The fourth-order valence-electron chi connectivity index (χ4n) is 2.32. The molecule has 3 rings (SSSR count). The number of carbonyl (C=O) groups excluding carboxylic acids is 1. The summed E-state index contributed by atoms with van der Waals surface area (Å²) in [5, 5.41) is 18.1. The van der Waals surface area contributed by atoms with Crippen LogP contribution in [0.4, 0.5) is 16.5 Å². The lowest BCUT2D eigenvalue weighted by Gasteiger charge is -2.10. The predicted molar refractivity (Wildman–Crippen MR) is 106 cm³/mol. The van der Waals surface area contributed by atoms with E-state index in [0.717, 1.165) is 0 Å². The van der Waals surface area contributed by atoms with Gasteiger partial charge in [0.1, 0.15) is 5.75 Å². The monoisotopic (exact) mass is 403 g/mol. The zero-order valence-electron chi connectivity index (χ0n) is 14.3. The second kappa shape index (κ2) is 7.77. The van der Waals surface area contributed by atoms with Crippen molar-refractivity contribution < 1.29 is 18.3 Å². The molecule has 0 saturated carbocycles. The van der Waals surface area contributed by atoms with Crippen molar-refractivity contribution in [2.75, 3.05) is 16.4 Å². The largest absolute Gasteiger partial charge is 0.506 e. The van der Waals surface area contributed by atoms with Gasteiger partial charge in [0.05, 0.1) is 16.3 Å². The Morgan fingerprint density at radius 1 is 1.22 bits per heavy atom. The molecule has 0 fully saturated rings. The molecule has 0 aliphatic heterocycles. The van der Waals surface area contributed by atoms with Gasteiger partial charge in [-0.15, -0.1) is 11.3 Å². The number of nitrogens with one attached hydrogen (secondary N) is 2. The zero-order chi connectivity index (χ0) is 19.4. The number of sulfone groups is 1. The summed E-state index contributed by atoms with van der Waals surface area (Å²) in [5.74, 6) is -0.759. The summed E-state index contributed by atoms with van der Waals surface area (Å²) in [7, 11) is -3.45. The van der Waals surface area contributed by atoms with Gasteiger partial charge in [0.25, 0.3) is 5.91 Å². The van der Waals surface area contributed by atoms with E-state index in [1.807, 2.05) is 5.38 Å². The molecule has 1 amide bonds. The van der Waals surface area contributed by atoms with Crippen molar-refractivity contribution >= 4 is 43.6 Å². The number of rotatable bonds is 6. The Hall–Kier alpha value is -2.91. The second-order valence-corrected chi connectivity index (χ2v) is 8.75. The van der Waals surface area contributed by atoms with Gasteiger partial charge in [-0.3, -0.25) is 4.79 Å². The SMILES string of the molecule is CCS(=O)(=O)c1ccc(O)c(NC(=O)c2cccc(Nc3nccs3)c2)c1. The van der Waals surface area contributed by atoms with E-state index < -0.39 is 15.7 Å². The molecule has 1 heterocycles. The van der Waals surface area contributed by atoms with Crippen LogP contribution in [-0.4, -0.2) is 30.2 Å².